The van der Waals surface area contributed by atoms with E-state index in [9.17, 15) is 9.59 Å². The number of fused-ring (bicyclic) bond motifs is 1. The lowest BCUT2D eigenvalue weighted by Gasteiger charge is -2.13. The first-order valence-electron chi connectivity index (χ1n) is 6.45. The van der Waals surface area contributed by atoms with E-state index in [2.05, 4.69) is 10.6 Å². The highest BCUT2D eigenvalue weighted by Crippen LogP contribution is 2.23. The summed E-state index contributed by atoms with van der Waals surface area (Å²) >= 11 is 0. The fraction of sp³-hybridized carbons (Fsp3) is 0.429. The van der Waals surface area contributed by atoms with Crippen molar-refractivity contribution in [3.63, 3.8) is 0 Å². The largest absolute Gasteiger partial charge is 0.481 e. The molecule has 0 fully saturated rings. The molecule has 3 N–H and O–H groups in total. The van der Waals surface area contributed by atoms with E-state index >= 15 is 0 Å². The summed E-state index contributed by atoms with van der Waals surface area (Å²) in [6.07, 6.45) is 1.49. The highest BCUT2D eigenvalue weighted by molar-refractivity contribution is 5.95. The number of carbonyl (C=O) groups is 2. The number of benzene rings is 1. The Bertz CT molecular complexity index is 499. The van der Waals surface area contributed by atoms with Crippen LogP contribution in [0.5, 0.6) is 0 Å². The molecule has 1 aromatic rings. The first-order chi connectivity index (χ1) is 9.06. The van der Waals surface area contributed by atoms with Crippen LogP contribution in [0.25, 0.3) is 0 Å². The molecule has 1 heterocycles. The van der Waals surface area contributed by atoms with Crippen molar-refractivity contribution in [2.45, 2.75) is 32.2 Å². The molecule has 19 heavy (non-hydrogen) atoms. The van der Waals surface area contributed by atoms with Gasteiger partial charge in [0.1, 0.15) is 0 Å². The third kappa shape index (κ3) is 3.47. The predicted octanol–water partition coefficient (Wildman–Crippen LogP) is 1.64. The summed E-state index contributed by atoms with van der Waals surface area (Å²) in [6.45, 7) is 2.72. The Morgan fingerprint density at radius 3 is 3.00 bits per heavy atom. The molecule has 1 aromatic carbocycles. The highest BCUT2D eigenvalue weighted by Gasteiger charge is 2.15. The second kappa shape index (κ2) is 5.73. The van der Waals surface area contributed by atoms with Crippen LogP contribution in [0.1, 0.15) is 35.7 Å². The number of aliphatic carboxylic acids is 1. The Morgan fingerprint density at radius 2 is 2.26 bits per heavy atom. The van der Waals surface area contributed by atoms with Crippen molar-refractivity contribution in [1.82, 2.24) is 5.32 Å². The van der Waals surface area contributed by atoms with Gasteiger partial charge >= 0.3 is 5.97 Å². The molecular weight excluding hydrogens is 244 g/mol. The minimum absolute atomic E-state index is 0.0627. The van der Waals surface area contributed by atoms with Crippen molar-refractivity contribution in [2.75, 3.05) is 11.9 Å². The minimum atomic E-state index is -0.845. The van der Waals surface area contributed by atoms with E-state index in [4.69, 9.17) is 5.11 Å². The standard InChI is InChI=1S/C14H18N2O3/c1-9(2-5-13(17)18)16-14(19)11-4-3-10-6-7-15-12(10)8-11/h3-4,8-9,15H,2,5-7H2,1H3,(H,16,19)(H,17,18). The van der Waals surface area contributed by atoms with Gasteiger partial charge in [0.2, 0.25) is 0 Å². The average Bonchev–Trinajstić information content (AvgIpc) is 2.83. The smallest absolute Gasteiger partial charge is 0.303 e. The van der Waals surface area contributed by atoms with Crippen LogP contribution < -0.4 is 10.6 Å². The summed E-state index contributed by atoms with van der Waals surface area (Å²) in [6, 6.07) is 5.48. The average molecular weight is 262 g/mol. The third-order valence-electron chi connectivity index (χ3n) is 3.25. The number of hydrogen-bond donors (Lipinski definition) is 3. The molecule has 0 saturated heterocycles. The lowest BCUT2D eigenvalue weighted by atomic mass is 10.1. The third-order valence-corrected chi connectivity index (χ3v) is 3.25. The molecular formula is C14H18N2O3. The van der Waals surface area contributed by atoms with Crippen molar-refractivity contribution in [2.24, 2.45) is 0 Å². The molecule has 1 unspecified atom stereocenters. The Labute approximate surface area is 112 Å². The van der Waals surface area contributed by atoms with Crippen molar-refractivity contribution in [3.05, 3.63) is 29.3 Å². The monoisotopic (exact) mass is 262 g/mol. The summed E-state index contributed by atoms with van der Waals surface area (Å²) in [5, 5.41) is 14.6. The second-order valence-corrected chi connectivity index (χ2v) is 4.86. The number of hydrogen-bond acceptors (Lipinski definition) is 3. The van der Waals surface area contributed by atoms with Gasteiger partial charge in [-0.15, -0.1) is 0 Å². The Hall–Kier alpha value is -2.04. The molecule has 0 aliphatic carbocycles. The van der Waals surface area contributed by atoms with Gasteiger partial charge in [-0.3, -0.25) is 9.59 Å². The van der Waals surface area contributed by atoms with E-state index in [1.54, 1.807) is 0 Å². The van der Waals surface area contributed by atoms with Crippen LogP contribution in [-0.2, 0) is 11.2 Å². The van der Waals surface area contributed by atoms with Gasteiger partial charge < -0.3 is 15.7 Å². The lowest BCUT2D eigenvalue weighted by molar-refractivity contribution is -0.137. The molecule has 0 radical (unpaired) electrons. The zero-order valence-corrected chi connectivity index (χ0v) is 10.9. The predicted molar refractivity (Wildman–Crippen MR) is 72.4 cm³/mol. The molecule has 102 valence electrons. The SMILES string of the molecule is CC(CCC(=O)O)NC(=O)c1ccc2c(c1)NCC2. The number of amides is 1. The molecule has 5 heteroatoms. The van der Waals surface area contributed by atoms with E-state index < -0.39 is 5.97 Å². The quantitative estimate of drug-likeness (QED) is 0.753. The van der Waals surface area contributed by atoms with Crippen LogP contribution in [-0.4, -0.2) is 29.6 Å². The van der Waals surface area contributed by atoms with Gasteiger partial charge in [0.05, 0.1) is 0 Å². The lowest BCUT2D eigenvalue weighted by Crippen LogP contribution is -2.32. The first-order valence-corrected chi connectivity index (χ1v) is 6.45. The van der Waals surface area contributed by atoms with E-state index in [-0.39, 0.29) is 18.4 Å². The molecule has 1 amide bonds. The van der Waals surface area contributed by atoms with Crippen LogP contribution in [0, 0.1) is 0 Å². The van der Waals surface area contributed by atoms with Gasteiger partial charge in [0.15, 0.2) is 0 Å². The number of carbonyl (C=O) groups excluding carboxylic acids is 1. The molecule has 1 atom stereocenters. The van der Waals surface area contributed by atoms with Gasteiger partial charge in [0.25, 0.3) is 5.91 Å². The summed E-state index contributed by atoms with van der Waals surface area (Å²) in [5.74, 6) is -1.00. The first kappa shape index (κ1) is 13.4. The van der Waals surface area contributed by atoms with E-state index in [1.165, 1.54) is 5.56 Å². The normalized spacial score (nSPS) is 14.4. The fourth-order valence-corrected chi connectivity index (χ4v) is 2.15. The Kier molecular flexibility index (Phi) is 4.04. The van der Waals surface area contributed by atoms with Crippen LogP contribution in [0.15, 0.2) is 18.2 Å². The van der Waals surface area contributed by atoms with Crippen molar-refractivity contribution in [1.29, 1.82) is 0 Å². The molecule has 0 bridgehead atoms. The number of nitrogens with one attached hydrogen (secondary N) is 2. The van der Waals surface area contributed by atoms with Gasteiger partial charge in [-0.05, 0) is 37.5 Å². The Morgan fingerprint density at radius 1 is 1.47 bits per heavy atom. The number of carboxylic acids is 1. The van der Waals surface area contributed by atoms with E-state index in [1.807, 2.05) is 25.1 Å². The van der Waals surface area contributed by atoms with Crippen molar-refractivity contribution >= 4 is 17.6 Å². The van der Waals surface area contributed by atoms with Crippen LogP contribution in [0.3, 0.4) is 0 Å². The summed E-state index contributed by atoms with van der Waals surface area (Å²) in [5.41, 5.74) is 2.86. The summed E-state index contributed by atoms with van der Waals surface area (Å²) < 4.78 is 0. The number of carboxylic acid groups (broad SMARTS) is 1. The molecule has 5 nitrogen and oxygen atoms in total. The topological polar surface area (TPSA) is 78.4 Å². The maximum Gasteiger partial charge on any atom is 0.303 e. The van der Waals surface area contributed by atoms with Crippen molar-refractivity contribution in [3.8, 4) is 0 Å². The zero-order chi connectivity index (χ0) is 13.8. The fourth-order valence-electron chi connectivity index (χ4n) is 2.15. The minimum Gasteiger partial charge on any atom is -0.481 e. The van der Waals surface area contributed by atoms with Gasteiger partial charge in [-0.1, -0.05) is 6.07 Å². The molecule has 0 aromatic heterocycles. The zero-order valence-electron chi connectivity index (χ0n) is 10.9. The maximum atomic E-state index is 12.0. The van der Waals surface area contributed by atoms with Crippen LogP contribution >= 0.6 is 0 Å². The molecule has 0 spiro atoms. The van der Waals surface area contributed by atoms with Gasteiger partial charge in [-0.25, -0.2) is 0 Å². The van der Waals surface area contributed by atoms with Gasteiger partial charge in [0, 0.05) is 30.3 Å². The highest BCUT2D eigenvalue weighted by atomic mass is 16.4. The van der Waals surface area contributed by atoms with E-state index in [0.29, 0.717) is 12.0 Å². The summed E-state index contributed by atoms with van der Waals surface area (Å²) in [4.78, 5) is 22.5. The molecule has 1 aliphatic rings. The van der Waals surface area contributed by atoms with Crippen LogP contribution in [0.2, 0.25) is 0 Å². The number of rotatable bonds is 5. The molecule has 0 saturated carbocycles. The molecule has 2 rings (SSSR count). The summed E-state index contributed by atoms with van der Waals surface area (Å²) in [7, 11) is 0. The van der Waals surface area contributed by atoms with E-state index in [0.717, 1.165) is 18.7 Å². The molecule has 1 aliphatic heterocycles. The van der Waals surface area contributed by atoms with Gasteiger partial charge in [-0.2, -0.15) is 0 Å². The van der Waals surface area contributed by atoms with Crippen molar-refractivity contribution < 1.29 is 14.7 Å². The second-order valence-electron chi connectivity index (χ2n) is 4.86. The number of anilines is 1. The van der Waals surface area contributed by atoms with Crippen LogP contribution in [0.4, 0.5) is 5.69 Å². The Balaban J connectivity index is 1.94. The maximum absolute atomic E-state index is 12.0.